The summed E-state index contributed by atoms with van der Waals surface area (Å²) in [6, 6.07) is 6.32. The van der Waals surface area contributed by atoms with Crippen molar-refractivity contribution in [1.29, 1.82) is 0 Å². The fraction of sp³-hybridized carbons (Fsp3) is 0.300. The molecule has 1 aromatic rings. The quantitative estimate of drug-likeness (QED) is 0.643. The van der Waals surface area contributed by atoms with Crippen LogP contribution in [0.2, 0.25) is 5.02 Å². The number of ketones is 1. The van der Waals surface area contributed by atoms with E-state index in [1.165, 1.54) is 6.92 Å². The van der Waals surface area contributed by atoms with Gasteiger partial charge in [-0.2, -0.15) is 0 Å². The zero-order chi connectivity index (χ0) is 10.8. The van der Waals surface area contributed by atoms with Gasteiger partial charge in [0, 0.05) is 10.6 Å². The van der Waals surface area contributed by atoms with E-state index in [9.17, 15) is 9.90 Å². The van der Waals surface area contributed by atoms with E-state index in [-0.39, 0.29) is 5.88 Å². The predicted molar refractivity (Wildman–Crippen MR) is 57.1 cm³/mol. The number of hydrogen-bond acceptors (Lipinski definition) is 2. The highest BCUT2D eigenvalue weighted by Crippen LogP contribution is 2.17. The van der Waals surface area contributed by atoms with Crippen molar-refractivity contribution in [2.75, 3.05) is 5.88 Å². The van der Waals surface area contributed by atoms with Gasteiger partial charge in [-0.3, -0.25) is 4.79 Å². The lowest BCUT2D eigenvalue weighted by atomic mass is 9.97. The summed E-state index contributed by atoms with van der Waals surface area (Å²) in [7, 11) is 0. The second-order valence-corrected chi connectivity index (χ2v) is 3.95. The van der Waals surface area contributed by atoms with E-state index in [2.05, 4.69) is 0 Å². The monoisotopic (exact) mass is 232 g/mol. The largest absolute Gasteiger partial charge is 0.381 e. The maximum atomic E-state index is 11.6. The molecule has 4 heteroatoms. The lowest BCUT2D eigenvalue weighted by molar-refractivity contribution is 0.0502. The number of Topliss-reactive ketones (excluding diaryl/α,β-unsaturated/α-hetero) is 1. The summed E-state index contributed by atoms with van der Waals surface area (Å²) in [5.41, 5.74) is -1.12. The second kappa shape index (κ2) is 4.30. The number of carbonyl (C=O) groups excluding carboxylic acids is 1. The van der Waals surface area contributed by atoms with Crippen LogP contribution < -0.4 is 0 Å². The molecule has 0 saturated carbocycles. The van der Waals surface area contributed by atoms with Crippen LogP contribution in [-0.4, -0.2) is 22.4 Å². The average molecular weight is 233 g/mol. The van der Waals surface area contributed by atoms with Crippen molar-refractivity contribution in [3.63, 3.8) is 0 Å². The molecule has 0 fully saturated rings. The zero-order valence-electron chi connectivity index (χ0n) is 7.63. The van der Waals surface area contributed by atoms with E-state index in [1.54, 1.807) is 24.3 Å². The van der Waals surface area contributed by atoms with Crippen LogP contribution in [0.5, 0.6) is 0 Å². The summed E-state index contributed by atoms with van der Waals surface area (Å²) in [5, 5.41) is 10.1. The van der Waals surface area contributed by atoms with Gasteiger partial charge in [0.25, 0.3) is 0 Å². The van der Waals surface area contributed by atoms with Gasteiger partial charge in [-0.05, 0) is 31.2 Å². The van der Waals surface area contributed by atoms with Crippen LogP contribution in [0, 0.1) is 0 Å². The van der Waals surface area contributed by atoms with Gasteiger partial charge in [-0.1, -0.05) is 11.6 Å². The maximum Gasteiger partial charge on any atom is 0.195 e. The minimum absolute atomic E-state index is 0.130. The Kier molecular flexibility index (Phi) is 3.53. The summed E-state index contributed by atoms with van der Waals surface area (Å²) in [6.07, 6.45) is 0. The van der Waals surface area contributed by atoms with Crippen LogP contribution in [-0.2, 0) is 0 Å². The number of carbonyl (C=O) groups is 1. The molecule has 0 saturated heterocycles. The van der Waals surface area contributed by atoms with E-state index in [0.717, 1.165) is 0 Å². The minimum atomic E-state index is -1.52. The Bertz CT molecular complexity index is 330. The van der Waals surface area contributed by atoms with Gasteiger partial charge in [0.05, 0.1) is 5.88 Å². The van der Waals surface area contributed by atoms with E-state index in [1.807, 2.05) is 0 Å². The molecule has 14 heavy (non-hydrogen) atoms. The molecule has 0 aliphatic rings. The first-order valence-electron chi connectivity index (χ1n) is 4.06. The Morgan fingerprint density at radius 1 is 1.43 bits per heavy atom. The molecule has 76 valence electrons. The van der Waals surface area contributed by atoms with E-state index >= 15 is 0 Å². The number of aliphatic hydroxyl groups is 1. The zero-order valence-corrected chi connectivity index (χ0v) is 9.14. The minimum Gasteiger partial charge on any atom is -0.381 e. The Balaban J connectivity index is 2.96. The molecule has 0 aromatic heterocycles. The van der Waals surface area contributed by atoms with Crippen molar-refractivity contribution in [1.82, 2.24) is 0 Å². The van der Waals surface area contributed by atoms with E-state index in [0.29, 0.717) is 10.6 Å². The van der Waals surface area contributed by atoms with Crippen LogP contribution in [0.25, 0.3) is 0 Å². The van der Waals surface area contributed by atoms with Gasteiger partial charge in [0.1, 0.15) is 5.60 Å². The molecule has 1 atom stereocenters. The summed E-state index contributed by atoms with van der Waals surface area (Å²) in [6.45, 7) is 1.39. The molecule has 0 bridgehead atoms. The number of rotatable bonds is 3. The highest BCUT2D eigenvalue weighted by atomic mass is 35.5. The SMILES string of the molecule is CC(O)(CCl)C(=O)c1ccc(Cl)cc1. The van der Waals surface area contributed by atoms with Crippen LogP contribution in [0.4, 0.5) is 0 Å². The topological polar surface area (TPSA) is 37.3 Å². The Morgan fingerprint density at radius 2 is 1.93 bits per heavy atom. The summed E-state index contributed by atoms with van der Waals surface area (Å²) < 4.78 is 0. The summed E-state index contributed by atoms with van der Waals surface area (Å²) in [4.78, 5) is 11.6. The Morgan fingerprint density at radius 3 is 2.36 bits per heavy atom. The van der Waals surface area contributed by atoms with Crippen molar-refractivity contribution < 1.29 is 9.90 Å². The third kappa shape index (κ3) is 2.47. The van der Waals surface area contributed by atoms with E-state index < -0.39 is 11.4 Å². The first-order chi connectivity index (χ1) is 6.47. The van der Waals surface area contributed by atoms with Crippen molar-refractivity contribution in [2.24, 2.45) is 0 Å². The first-order valence-corrected chi connectivity index (χ1v) is 4.97. The molecule has 1 rings (SSSR count). The second-order valence-electron chi connectivity index (χ2n) is 3.24. The third-order valence-electron chi connectivity index (χ3n) is 1.86. The summed E-state index contributed by atoms with van der Waals surface area (Å²) in [5.74, 6) is -0.529. The molecule has 0 aliphatic heterocycles. The normalized spacial score (nSPS) is 14.9. The molecule has 0 heterocycles. The summed E-state index contributed by atoms with van der Waals surface area (Å²) >= 11 is 11.1. The molecular formula is C10H10Cl2O2. The van der Waals surface area contributed by atoms with E-state index in [4.69, 9.17) is 23.2 Å². The van der Waals surface area contributed by atoms with Crippen molar-refractivity contribution >= 4 is 29.0 Å². The van der Waals surface area contributed by atoms with Gasteiger partial charge in [0.2, 0.25) is 0 Å². The molecule has 0 aliphatic carbocycles. The fourth-order valence-electron chi connectivity index (χ4n) is 0.973. The highest BCUT2D eigenvalue weighted by Gasteiger charge is 2.29. The van der Waals surface area contributed by atoms with Crippen molar-refractivity contribution in [3.05, 3.63) is 34.9 Å². The van der Waals surface area contributed by atoms with Gasteiger partial charge in [-0.15, -0.1) is 11.6 Å². The number of alkyl halides is 1. The molecule has 1 aromatic carbocycles. The van der Waals surface area contributed by atoms with Crippen molar-refractivity contribution in [2.45, 2.75) is 12.5 Å². The standard InChI is InChI=1S/C10H10Cl2O2/c1-10(14,6-11)9(13)7-2-4-8(12)5-3-7/h2-5,14H,6H2,1H3. The molecular weight excluding hydrogens is 223 g/mol. The lowest BCUT2D eigenvalue weighted by Gasteiger charge is -2.18. The molecule has 0 radical (unpaired) electrons. The van der Waals surface area contributed by atoms with Crippen LogP contribution in [0.3, 0.4) is 0 Å². The first kappa shape index (κ1) is 11.5. The lowest BCUT2D eigenvalue weighted by Crippen LogP contribution is -2.36. The number of benzene rings is 1. The predicted octanol–water partition coefficient (Wildman–Crippen LogP) is 2.51. The molecule has 0 amide bonds. The number of hydrogen-bond donors (Lipinski definition) is 1. The van der Waals surface area contributed by atoms with Crippen LogP contribution in [0.15, 0.2) is 24.3 Å². The van der Waals surface area contributed by atoms with Gasteiger partial charge < -0.3 is 5.11 Å². The molecule has 0 spiro atoms. The maximum absolute atomic E-state index is 11.6. The highest BCUT2D eigenvalue weighted by molar-refractivity contribution is 6.30. The third-order valence-corrected chi connectivity index (χ3v) is 2.63. The number of halogens is 2. The van der Waals surface area contributed by atoms with Crippen molar-refractivity contribution in [3.8, 4) is 0 Å². The van der Waals surface area contributed by atoms with Gasteiger partial charge in [0.15, 0.2) is 5.78 Å². The molecule has 1 unspecified atom stereocenters. The molecule has 1 N–H and O–H groups in total. The Labute approximate surface area is 92.5 Å². The van der Waals surface area contributed by atoms with Crippen LogP contribution >= 0.6 is 23.2 Å². The van der Waals surface area contributed by atoms with Gasteiger partial charge in [-0.25, -0.2) is 0 Å². The molecule has 2 nitrogen and oxygen atoms in total. The fourth-order valence-corrected chi connectivity index (χ4v) is 1.22. The van der Waals surface area contributed by atoms with Gasteiger partial charge >= 0.3 is 0 Å². The Hall–Kier alpha value is -0.570. The smallest absolute Gasteiger partial charge is 0.195 e. The van der Waals surface area contributed by atoms with Crippen LogP contribution in [0.1, 0.15) is 17.3 Å². The average Bonchev–Trinajstić information content (AvgIpc) is 2.18.